The van der Waals surface area contributed by atoms with Crippen LogP contribution in [0.4, 0.5) is 0 Å². The van der Waals surface area contributed by atoms with Gasteiger partial charge in [-0.25, -0.2) is 0 Å². The van der Waals surface area contributed by atoms with Crippen molar-refractivity contribution in [3.8, 4) is 0 Å². The molecule has 2 heterocycles. The van der Waals surface area contributed by atoms with E-state index in [1.54, 1.807) is 6.20 Å². The number of carbonyl (C=O) groups excluding carboxylic acids is 1. The van der Waals surface area contributed by atoms with E-state index in [2.05, 4.69) is 10.3 Å². The number of fused-ring (bicyclic) bond motifs is 1. The van der Waals surface area contributed by atoms with E-state index in [9.17, 15) is 4.79 Å². The van der Waals surface area contributed by atoms with Crippen molar-refractivity contribution in [2.75, 3.05) is 0 Å². The fraction of sp³-hybridized carbons (Fsp3) is 0. The number of carbonyl (C=O) groups is 1. The molecule has 3 nitrogen and oxygen atoms in total. The number of benzene rings is 1. The van der Waals surface area contributed by atoms with Crippen molar-refractivity contribution in [3.05, 3.63) is 47.0 Å². The summed E-state index contributed by atoms with van der Waals surface area (Å²) >= 11 is 6.24. The number of nitrogens with zero attached hydrogens (tertiary/aromatic N) is 1. The first-order chi connectivity index (χ1) is 8.72. The minimum atomic E-state index is -0.128. The van der Waals surface area contributed by atoms with Gasteiger partial charge in [0.25, 0.3) is 5.91 Å². The smallest absolute Gasteiger partial charge is 0.263 e. The molecule has 1 N–H and O–H groups in total. The lowest BCUT2D eigenvalue weighted by molar-refractivity contribution is -0.115. The van der Waals surface area contributed by atoms with Crippen LogP contribution in [-0.2, 0) is 4.79 Å². The summed E-state index contributed by atoms with van der Waals surface area (Å²) in [6.07, 6.45) is 3.60. The van der Waals surface area contributed by atoms with Crippen LogP contribution < -0.4 is 5.32 Å². The van der Waals surface area contributed by atoms with E-state index in [4.69, 9.17) is 12.2 Å². The predicted octanol–water partition coefficient (Wildman–Crippen LogP) is 2.72. The minimum Gasteiger partial charge on any atom is -0.307 e. The maximum Gasteiger partial charge on any atom is 0.263 e. The van der Waals surface area contributed by atoms with Crippen LogP contribution in [0.15, 0.2) is 41.4 Å². The highest BCUT2D eigenvalue weighted by molar-refractivity contribution is 8.26. The Labute approximate surface area is 113 Å². The lowest BCUT2D eigenvalue weighted by atomic mass is 10.1. The summed E-state index contributed by atoms with van der Waals surface area (Å²) in [5, 5.41) is 3.65. The van der Waals surface area contributed by atoms with Crippen LogP contribution in [-0.4, -0.2) is 15.2 Å². The summed E-state index contributed by atoms with van der Waals surface area (Å²) in [4.78, 5) is 16.4. The van der Waals surface area contributed by atoms with E-state index in [1.165, 1.54) is 11.8 Å². The highest BCUT2D eigenvalue weighted by Crippen LogP contribution is 2.26. The van der Waals surface area contributed by atoms with Gasteiger partial charge >= 0.3 is 0 Å². The first-order valence-electron chi connectivity index (χ1n) is 5.32. The molecule has 0 saturated carbocycles. The predicted molar refractivity (Wildman–Crippen MR) is 78.1 cm³/mol. The number of nitrogens with one attached hydrogen (secondary N) is 1. The zero-order valence-corrected chi connectivity index (χ0v) is 10.8. The molecule has 0 atom stereocenters. The minimum absolute atomic E-state index is 0.128. The Bertz CT molecular complexity index is 694. The van der Waals surface area contributed by atoms with Gasteiger partial charge in [0.2, 0.25) is 0 Å². The number of hydrogen-bond donors (Lipinski definition) is 1. The molecular formula is C13H8N2OS2. The van der Waals surface area contributed by atoms with E-state index >= 15 is 0 Å². The molecular weight excluding hydrogens is 264 g/mol. The van der Waals surface area contributed by atoms with Gasteiger partial charge in [0.15, 0.2) is 0 Å². The summed E-state index contributed by atoms with van der Waals surface area (Å²) in [6.45, 7) is 0. The van der Waals surface area contributed by atoms with Crippen molar-refractivity contribution >= 4 is 51.2 Å². The zero-order valence-electron chi connectivity index (χ0n) is 9.21. The monoisotopic (exact) mass is 272 g/mol. The van der Waals surface area contributed by atoms with E-state index in [0.29, 0.717) is 9.23 Å². The number of rotatable bonds is 1. The average molecular weight is 272 g/mol. The fourth-order valence-electron chi connectivity index (χ4n) is 1.76. The van der Waals surface area contributed by atoms with Gasteiger partial charge in [-0.2, -0.15) is 0 Å². The molecule has 0 spiro atoms. The third-order valence-electron chi connectivity index (χ3n) is 2.57. The fourth-order valence-corrected chi connectivity index (χ4v) is 2.80. The van der Waals surface area contributed by atoms with Crippen molar-refractivity contribution in [1.82, 2.24) is 10.3 Å². The first-order valence-corrected chi connectivity index (χ1v) is 6.54. The Morgan fingerprint density at radius 2 is 2.22 bits per heavy atom. The lowest BCUT2D eigenvalue weighted by Crippen LogP contribution is -2.17. The maximum atomic E-state index is 11.6. The van der Waals surface area contributed by atoms with Crippen LogP contribution >= 0.6 is 24.0 Å². The molecule has 88 valence electrons. The van der Waals surface area contributed by atoms with Gasteiger partial charge in [-0.1, -0.05) is 36.1 Å². The third kappa shape index (κ3) is 2.14. The number of thioether (sulfide) groups is 1. The molecule has 0 unspecified atom stereocenters. The molecule has 2 aromatic rings. The van der Waals surface area contributed by atoms with Gasteiger partial charge in [-0.05, 0) is 29.8 Å². The summed E-state index contributed by atoms with van der Waals surface area (Å²) in [5.41, 5.74) is 1.91. The summed E-state index contributed by atoms with van der Waals surface area (Å²) in [6, 6.07) is 9.78. The topological polar surface area (TPSA) is 42.0 Å². The molecule has 1 aromatic carbocycles. The molecule has 5 heteroatoms. The van der Waals surface area contributed by atoms with Gasteiger partial charge in [0.05, 0.1) is 10.4 Å². The lowest BCUT2D eigenvalue weighted by Gasteiger charge is -1.99. The number of thiocarbonyl (C=S) groups is 1. The Hall–Kier alpha value is -1.72. The maximum absolute atomic E-state index is 11.6. The van der Waals surface area contributed by atoms with E-state index < -0.39 is 0 Å². The largest absolute Gasteiger partial charge is 0.307 e. The van der Waals surface area contributed by atoms with Crippen LogP contribution in [0.2, 0.25) is 0 Å². The number of pyridine rings is 1. The van der Waals surface area contributed by atoms with Crippen LogP contribution in [0.3, 0.4) is 0 Å². The quantitative estimate of drug-likeness (QED) is 0.640. The Balaban J connectivity index is 2.02. The van der Waals surface area contributed by atoms with Gasteiger partial charge in [0, 0.05) is 11.6 Å². The van der Waals surface area contributed by atoms with Gasteiger partial charge in [-0.15, -0.1) is 0 Å². The Kier molecular flexibility index (Phi) is 2.85. The molecule has 1 aliphatic rings. The summed E-state index contributed by atoms with van der Waals surface area (Å²) in [7, 11) is 0. The molecule has 1 saturated heterocycles. The Morgan fingerprint density at radius 1 is 1.33 bits per heavy atom. The molecule has 1 aliphatic heterocycles. The molecule has 1 amide bonds. The van der Waals surface area contributed by atoms with Gasteiger partial charge in [0.1, 0.15) is 4.32 Å². The van der Waals surface area contributed by atoms with Crippen molar-refractivity contribution in [1.29, 1.82) is 0 Å². The van der Waals surface area contributed by atoms with Crippen LogP contribution in [0.1, 0.15) is 5.56 Å². The van der Waals surface area contributed by atoms with Crippen molar-refractivity contribution in [2.45, 2.75) is 0 Å². The van der Waals surface area contributed by atoms with Crippen LogP contribution in [0, 0.1) is 0 Å². The second-order valence-corrected chi connectivity index (χ2v) is 5.53. The molecule has 1 fully saturated rings. The zero-order chi connectivity index (χ0) is 12.5. The van der Waals surface area contributed by atoms with Crippen molar-refractivity contribution in [3.63, 3.8) is 0 Å². The van der Waals surface area contributed by atoms with Crippen molar-refractivity contribution < 1.29 is 4.79 Å². The molecule has 0 bridgehead atoms. The highest BCUT2D eigenvalue weighted by Gasteiger charge is 2.21. The SMILES string of the molecule is O=C1NC(=S)SC1=Cc1ccc2ncccc2c1. The van der Waals surface area contributed by atoms with Gasteiger partial charge < -0.3 is 5.32 Å². The average Bonchev–Trinajstić information content (AvgIpc) is 2.68. The van der Waals surface area contributed by atoms with Gasteiger partial charge in [-0.3, -0.25) is 9.78 Å². The third-order valence-corrected chi connectivity index (χ3v) is 3.73. The molecule has 18 heavy (non-hydrogen) atoms. The Morgan fingerprint density at radius 3 is 3.00 bits per heavy atom. The van der Waals surface area contributed by atoms with E-state index in [-0.39, 0.29) is 5.91 Å². The normalized spacial score (nSPS) is 17.4. The first kappa shape index (κ1) is 11.4. The summed E-state index contributed by atoms with van der Waals surface area (Å²) in [5.74, 6) is -0.128. The molecule has 1 aromatic heterocycles. The number of aromatic nitrogens is 1. The second kappa shape index (κ2) is 4.51. The van der Waals surface area contributed by atoms with E-state index in [0.717, 1.165) is 16.5 Å². The molecule has 3 rings (SSSR count). The number of amides is 1. The van der Waals surface area contributed by atoms with E-state index in [1.807, 2.05) is 36.4 Å². The second-order valence-electron chi connectivity index (χ2n) is 3.81. The summed E-state index contributed by atoms with van der Waals surface area (Å²) < 4.78 is 0.508. The van der Waals surface area contributed by atoms with Crippen LogP contribution in [0.25, 0.3) is 17.0 Å². The highest BCUT2D eigenvalue weighted by atomic mass is 32.2. The standard InChI is InChI=1S/C13H8N2OS2/c16-12-11(18-13(17)15-12)7-8-3-4-10-9(6-8)2-1-5-14-10/h1-7H,(H,15,16,17). The van der Waals surface area contributed by atoms with Crippen molar-refractivity contribution in [2.24, 2.45) is 0 Å². The number of hydrogen-bond acceptors (Lipinski definition) is 4. The molecule has 0 radical (unpaired) electrons. The van der Waals surface area contributed by atoms with Crippen LogP contribution in [0.5, 0.6) is 0 Å². The molecule has 0 aliphatic carbocycles.